The van der Waals surface area contributed by atoms with Gasteiger partial charge < -0.3 is 5.73 Å². The number of anilines is 1. The van der Waals surface area contributed by atoms with Gasteiger partial charge in [0.2, 0.25) is 0 Å². The van der Waals surface area contributed by atoms with Gasteiger partial charge in [0.15, 0.2) is 0 Å². The van der Waals surface area contributed by atoms with Crippen molar-refractivity contribution in [1.82, 2.24) is 9.97 Å². The van der Waals surface area contributed by atoms with Gasteiger partial charge in [0.25, 0.3) is 0 Å². The Labute approximate surface area is 84.8 Å². The van der Waals surface area contributed by atoms with Gasteiger partial charge in [-0.15, -0.1) is 0 Å². The molecule has 76 valence electrons. The van der Waals surface area contributed by atoms with Crippen LogP contribution >= 0.6 is 0 Å². The summed E-state index contributed by atoms with van der Waals surface area (Å²) >= 11 is 0. The van der Waals surface area contributed by atoms with Crippen LogP contribution in [0, 0.1) is 5.92 Å². The zero-order chi connectivity index (χ0) is 9.97. The minimum absolute atomic E-state index is 0.530. The first-order valence-corrected chi connectivity index (χ1v) is 5.34. The van der Waals surface area contributed by atoms with Gasteiger partial charge in [-0.05, 0) is 24.8 Å². The number of rotatable bonds is 1. The van der Waals surface area contributed by atoms with E-state index in [0.29, 0.717) is 11.7 Å². The molecule has 0 aromatic carbocycles. The highest BCUT2D eigenvalue weighted by atomic mass is 14.9. The summed E-state index contributed by atoms with van der Waals surface area (Å²) in [5.74, 6) is 2.87. The van der Waals surface area contributed by atoms with E-state index < -0.39 is 0 Å². The fourth-order valence-electron chi connectivity index (χ4n) is 2.25. The minimum Gasteiger partial charge on any atom is -0.384 e. The summed E-state index contributed by atoms with van der Waals surface area (Å²) in [6.07, 6.45) is 6.83. The standard InChI is InChI=1S/C11H17N3/c1-8-3-2-4-9(7-8)11-13-6-5-10(12)14-11/h5-6,8-9H,2-4,7H2,1H3,(H2,12,13,14). The van der Waals surface area contributed by atoms with Crippen LogP contribution in [0.4, 0.5) is 5.82 Å². The highest BCUT2D eigenvalue weighted by Crippen LogP contribution is 2.34. The lowest BCUT2D eigenvalue weighted by Crippen LogP contribution is -2.14. The van der Waals surface area contributed by atoms with Crippen LogP contribution < -0.4 is 5.73 Å². The third-order valence-corrected chi connectivity index (χ3v) is 3.00. The van der Waals surface area contributed by atoms with Crippen LogP contribution in [0.15, 0.2) is 12.3 Å². The highest BCUT2D eigenvalue weighted by molar-refractivity contribution is 5.26. The van der Waals surface area contributed by atoms with Crippen molar-refractivity contribution in [2.24, 2.45) is 5.92 Å². The van der Waals surface area contributed by atoms with Crippen LogP contribution in [0.2, 0.25) is 0 Å². The van der Waals surface area contributed by atoms with E-state index in [2.05, 4.69) is 16.9 Å². The van der Waals surface area contributed by atoms with Crippen molar-refractivity contribution in [3.8, 4) is 0 Å². The molecule has 1 saturated carbocycles. The average Bonchev–Trinajstić information content (AvgIpc) is 2.18. The molecule has 1 aliphatic carbocycles. The second kappa shape index (κ2) is 3.95. The molecule has 0 aliphatic heterocycles. The summed E-state index contributed by atoms with van der Waals surface area (Å²) in [5, 5.41) is 0. The van der Waals surface area contributed by atoms with E-state index in [9.17, 15) is 0 Å². The van der Waals surface area contributed by atoms with E-state index in [0.717, 1.165) is 11.7 Å². The fourth-order valence-corrected chi connectivity index (χ4v) is 2.25. The predicted octanol–water partition coefficient (Wildman–Crippen LogP) is 2.35. The monoisotopic (exact) mass is 191 g/mol. The molecule has 1 aliphatic rings. The van der Waals surface area contributed by atoms with Crippen molar-refractivity contribution >= 4 is 5.82 Å². The molecule has 0 saturated heterocycles. The lowest BCUT2D eigenvalue weighted by Gasteiger charge is -2.25. The molecule has 2 N–H and O–H groups in total. The van der Waals surface area contributed by atoms with Gasteiger partial charge in [-0.25, -0.2) is 9.97 Å². The molecular formula is C11H17N3. The van der Waals surface area contributed by atoms with E-state index in [1.807, 2.05) is 0 Å². The van der Waals surface area contributed by atoms with Gasteiger partial charge in [0.1, 0.15) is 11.6 Å². The SMILES string of the molecule is CC1CCCC(c2nccc(N)n2)C1. The largest absolute Gasteiger partial charge is 0.384 e. The summed E-state index contributed by atoms with van der Waals surface area (Å²) in [6, 6.07) is 1.75. The summed E-state index contributed by atoms with van der Waals surface area (Å²) in [5.41, 5.74) is 5.65. The van der Waals surface area contributed by atoms with Crippen molar-refractivity contribution in [2.75, 3.05) is 5.73 Å². The van der Waals surface area contributed by atoms with E-state index in [1.165, 1.54) is 25.7 Å². The summed E-state index contributed by atoms with van der Waals surface area (Å²) in [6.45, 7) is 2.30. The minimum atomic E-state index is 0.530. The quantitative estimate of drug-likeness (QED) is 0.741. The number of nitrogens with two attached hydrogens (primary N) is 1. The second-order valence-electron chi connectivity index (χ2n) is 4.31. The molecule has 2 atom stereocenters. The molecule has 3 heteroatoms. The van der Waals surface area contributed by atoms with Crippen molar-refractivity contribution in [3.63, 3.8) is 0 Å². The van der Waals surface area contributed by atoms with Gasteiger partial charge in [-0.1, -0.05) is 19.8 Å². The topological polar surface area (TPSA) is 51.8 Å². The van der Waals surface area contributed by atoms with E-state index in [4.69, 9.17) is 5.73 Å². The summed E-state index contributed by atoms with van der Waals surface area (Å²) < 4.78 is 0. The Hall–Kier alpha value is -1.12. The maximum Gasteiger partial charge on any atom is 0.133 e. The maximum absolute atomic E-state index is 5.65. The van der Waals surface area contributed by atoms with Crippen LogP contribution in [-0.4, -0.2) is 9.97 Å². The number of nitrogen functional groups attached to an aromatic ring is 1. The predicted molar refractivity (Wildman–Crippen MR) is 56.8 cm³/mol. The third-order valence-electron chi connectivity index (χ3n) is 3.00. The van der Waals surface area contributed by atoms with Crippen LogP contribution in [0.25, 0.3) is 0 Å². The van der Waals surface area contributed by atoms with Crippen LogP contribution in [-0.2, 0) is 0 Å². The first kappa shape index (κ1) is 9.44. The highest BCUT2D eigenvalue weighted by Gasteiger charge is 2.22. The summed E-state index contributed by atoms with van der Waals surface area (Å²) in [4.78, 5) is 8.60. The first-order chi connectivity index (χ1) is 6.75. The molecule has 2 unspecified atom stereocenters. The van der Waals surface area contributed by atoms with Crippen molar-refractivity contribution in [2.45, 2.75) is 38.5 Å². The van der Waals surface area contributed by atoms with Crippen molar-refractivity contribution in [1.29, 1.82) is 0 Å². The number of nitrogens with zero attached hydrogens (tertiary/aromatic N) is 2. The fraction of sp³-hybridized carbons (Fsp3) is 0.636. The van der Waals surface area contributed by atoms with E-state index in [1.54, 1.807) is 12.3 Å². The Bertz CT molecular complexity index is 311. The van der Waals surface area contributed by atoms with E-state index >= 15 is 0 Å². The van der Waals surface area contributed by atoms with Gasteiger partial charge in [-0.2, -0.15) is 0 Å². The van der Waals surface area contributed by atoms with Crippen LogP contribution in [0.1, 0.15) is 44.3 Å². The number of hydrogen-bond donors (Lipinski definition) is 1. The first-order valence-electron chi connectivity index (χ1n) is 5.34. The zero-order valence-corrected chi connectivity index (χ0v) is 8.61. The smallest absolute Gasteiger partial charge is 0.133 e. The molecule has 0 amide bonds. The Kier molecular flexibility index (Phi) is 2.66. The molecule has 1 fully saturated rings. The molecule has 1 aromatic rings. The zero-order valence-electron chi connectivity index (χ0n) is 8.61. The molecule has 1 heterocycles. The Morgan fingerprint density at radius 3 is 3.00 bits per heavy atom. The Morgan fingerprint density at radius 1 is 1.43 bits per heavy atom. The van der Waals surface area contributed by atoms with Crippen molar-refractivity contribution < 1.29 is 0 Å². The molecular weight excluding hydrogens is 174 g/mol. The lowest BCUT2D eigenvalue weighted by molar-refractivity contribution is 0.335. The second-order valence-corrected chi connectivity index (χ2v) is 4.31. The maximum atomic E-state index is 5.65. The van der Waals surface area contributed by atoms with Crippen LogP contribution in [0.3, 0.4) is 0 Å². The van der Waals surface area contributed by atoms with Gasteiger partial charge >= 0.3 is 0 Å². The number of aromatic nitrogens is 2. The molecule has 1 aromatic heterocycles. The van der Waals surface area contributed by atoms with E-state index in [-0.39, 0.29) is 0 Å². The summed E-state index contributed by atoms with van der Waals surface area (Å²) in [7, 11) is 0. The number of hydrogen-bond acceptors (Lipinski definition) is 3. The lowest BCUT2D eigenvalue weighted by atomic mass is 9.82. The third kappa shape index (κ3) is 2.03. The average molecular weight is 191 g/mol. The molecule has 2 rings (SSSR count). The molecule has 0 radical (unpaired) electrons. The normalized spacial score (nSPS) is 27.5. The van der Waals surface area contributed by atoms with Crippen molar-refractivity contribution in [3.05, 3.63) is 18.1 Å². The molecule has 14 heavy (non-hydrogen) atoms. The molecule has 0 bridgehead atoms. The Balaban J connectivity index is 2.14. The molecule has 0 spiro atoms. The molecule has 3 nitrogen and oxygen atoms in total. The van der Waals surface area contributed by atoms with Gasteiger partial charge in [0.05, 0.1) is 0 Å². The van der Waals surface area contributed by atoms with Crippen LogP contribution in [0.5, 0.6) is 0 Å². The van der Waals surface area contributed by atoms with Gasteiger partial charge in [-0.3, -0.25) is 0 Å². The van der Waals surface area contributed by atoms with Gasteiger partial charge in [0, 0.05) is 12.1 Å². The Morgan fingerprint density at radius 2 is 2.29 bits per heavy atom.